The van der Waals surface area contributed by atoms with Crippen molar-refractivity contribution in [3.63, 3.8) is 0 Å². The Hall–Kier alpha value is -2.63. The SMILES string of the molecule is Fc1ccc(OCC2CCC3=CN(c4ccc(F)cn4)CCN3C2)cc1. The molecule has 4 nitrogen and oxygen atoms in total. The average molecular weight is 357 g/mol. The van der Waals surface area contributed by atoms with Gasteiger partial charge in [0, 0.05) is 37.4 Å². The van der Waals surface area contributed by atoms with Gasteiger partial charge in [0.2, 0.25) is 0 Å². The van der Waals surface area contributed by atoms with Crippen molar-refractivity contribution in [2.75, 3.05) is 31.1 Å². The van der Waals surface area contributed by atoms with Crippen LogP contribution in [0, 0.1) is 17.6 Å². The van der Waals surface area contributed by atoms with Crippen LogP contribution in [-0.4, -0.2) is 36.1 Å². The highest BCUT2D eigenvalue weighted by atomic mass is 19.1. The number of benzene rings is 1. The number of ether oxygens (including phenoxy) is 1. The van der Waals surface area contributed by atoms with Crippen LogP contribution in [0.25, 0.3) is 0 Å². The van der Waals surface area contributed by atoms with Gasteiger partial charge >= 0.3 is 0 Å². The van der Waals surface area contributed by atoms with Crippen LogP contribution < -0.4 is 9.64 Å². The highest BCUT2D eigenvalue weighted by Gasteiger charge is 2.27. The van der Waals surface area contributed by atoms with Gasteiger partial charge in [-0.15, -0.1) is 0 Å². The second kappa shape index (κ2) is 7.32. The number of rotatable bonds is 4. The lowest BCUT2D eigenvalue weighted by atomic mass is 9.96. The zero-order valence-electron chi connectivity index (χ0n) is 14.4. The number of allylic oxidation sites excluding steroid dienone is 1. The fraction of sp³-hybridized carbons (Fsp3) is 0.350. The zero-order chi connectivity index (χ0) is 17.9. The number of hydrogen-bond acceptors (Lipinski definition) is 4. The first-order valence-corrected chi connectivity index (χ1v) is 8.89. The lowest BCUT2D eigenvalue weighted by Crippen LogP contribution is -2.44. The van der Waals surface area contributed by atoms with Crippen LogP contribution in [0.1, 0.15) is 12.8 Å². The molecule has 1 aromatic heterocycles. The van der Waals surface area contributed by atoms with Gasteiger partial charge in [-0.2, -0.15) is 0 Å². The standard InChI is InChI=1S/C20H21F2N3O/c21-16-2-6-19(7-3-16)26-14-15-1-5-18-13-25(10-9-24(18)12-15)20-8-4-17(22)11-23-20/h2-4,6-8,11,13,15H,1,5,9-10,12,14H2. The molecule has 26 heavy (non-hydrogen) atoms. The summed E-state index contributed by atoms with van der Waals surface area (Å²) in [6, 6.07) is 9.32. The van der Waals surface area contributed by atoms with E-state index in [0.717, 1.165) is 38.3 Å². The molecule has 0 N–H and O–H groups in total. The minimum Gasteiger partial charge on any atom is -0.493 e. The van der Waals surface area contributed by atoms with Crippen LogP contribution in [0.4, 0.5) is 14.6 Å². The van der Waals surface area contributed by atoms with E-state index in [1.54, 1.807) is 18.2 Å². The smallest absolute Gasteiger partial charge is 0.141 e. The summed E-state index contributed by atoms with van der Waals surface area (Å²) in [6.45, 7) is 3.34. The Balaban J connectivity index is 1.34. The maximum atomic E-state index is 13.0. The molecule has 2 aromatic rings. The molecule has 1 unspecified atom stereocenters. The van der Waals surface area contributed by atoms with Crippen molar-refractivity contribution < 1.29 is 13.5 Å². The minimum absolute atomic E-state index is 0.252. The maximum Gasteiger partial charge on any atom is 0.141 e. The molecular weight excluding hydrogens is 336 g/mol. The van der Waals surface area contributed by atoms with E-state index >= 15 is 0 Å². The molecule has 1 saturated heterocycles. The fourth-order valence-electron chi connectivity index (χ4n) is 3.48. The van der Waals surface area contributed by atoms with Crippen molar-refractivity contribution in [1.29, 1.82) is 0 Å². The Bertz CT molecular complexity index is 777. The van der Waals surface area contributed by atoms with Gasteiger partial charge in [-0.05, 0) is 49.2 Å². The molecule has 0 bridgehead atoms. The number of aromatic nitrogens is 1. The van der Waals surface area contributed by atoms with E-state index in [4.69, 9.17) is 4.74 Å². The molecule has 6 heteroatoms. The van der Waals surface area contributed by atoms with Crippen LogP contribution >= 0.6 is 0 Å². The van der Waals surface area contributed by atoms with Crippen LogP contribution in [0.3, 0.4) is 0 Å². The van der Waals surface area contributed by atoms with Crippen molar-refractivity contribution in [1.82, 2.24) is 9.88 Å². The molecule has 0 radical (unpaired) electrons. The maximum absolute atomic E-state index is 13.0. The van der Waals surface area contributed by atoms with Gasteiger partial charge in [0.05, 0.1) is 12.8 Å². The largest absolute Gasteiger partial charge is 0.493 e. The summed E-state index contributed by atoms with van der Waals surface area (Å²) in [4.78, 5) is 8.64. The summed E-state index contributed by atoms with van der Waals surface area (Å²) < 4.78 is 31.8. The topological polar surface area (TPSA) is 28.6 Å². The summed E-state index contributed by atoms with van der Waals surface area (Å²) in [6.07, 6.45) is 5.41. The third kappa shape index (κ3) is 3.79. The second-order valence-corrected chi connectivity index (χ2v) is 6.76. The molecular formula is C20H21F2N3O. The summed E-state index contributed by atoms with van der Waals surface area (Å²) in [5, 5.41) is 0. The number of piperidine rings is 1. The Kier molecular flexibility index (Phi) is 4.73. The molecule has 1 fully saturated rings. The summed E-state index contributed by atoms with van der Waals surface area (Å²) in [5.74, 6) is 1.37. The summed E-state index contributed by atoms with van der Waals surface area (Å²) in [7, 11) is 0. The van der Waals surface area contributed by atoms with Crippen molar-refractivity contribution in [2.24, 2.45) is 5.92 Å². The third-order valence-electron chi connectivity index (χ3n) is 4.91. The Morgan fingerprint density at radius 3 is 2.62 bits per heavy atom. The third-order valence-corrected chi connectivity index (χ3v) is 4.91. The molecule has 0 aliphatic carbocycles. The van der Waals surface area contributed by atoms with E-state index in [9.17, 15) is 8.78 Å². The number of pyridine rings is 1. The summed E-state index contributed by atoms with van der Waals surface area (Å²) >= 11 is 0. The first-order valence-electron chi connectivity index (χ1n) is 8.89. The Morgan fingerprint density at radius 1 is 1.04 bits per heavy atom. The van der Waals surface area contributed by atoms with E-state index in [0.29, 0.717) is 18.3 Å². The van der Waals surface area contributed by atoms with Crippen LogP contribution in [0.15, 0.2) is 54.5 Å². The molecule has 0 saturated carbocycles. The first-order chi connectivity index (χ1) is 12.7. The molecule has 2 aliphatic heterocycles. The van der Waals surface area contributed by atoms with Gasteiger partial charge in [-0.25, -0.2) is 13.8 Å². The number of hydrogen-bond donors (Lipinski definition) is 0. The molecule has 3 heterocycles. The van der Waals surface area contributed by atoms with Crippen molar-refractivity contribution >= 4 is 5.82 Å². The zero-order valence-corrected chi connectivity index (χ0v) is 14.4. The van der Waals surface area contributed by atoms with Gasteiger partial charge in [-0.1, -0.05) is 0 Å². The van der Waals surface area contributed by atoms with Gasteiger partial charge in [0.25, 0.3) is 0 Å². The predicted octanol–water partition coefficient (Wildman–Crippen LogP) is 3.81. The van der Waals surface area contributed by atoms with E-state index in [-0.39, 0.29) is 11.6 Å². The molecule has 1 atom stereocenters. The van der Waals surface area contributed by atoms with E-state index in [2.05, 4.69) is 21.0 Å². The number of fused-ring (bicyclic) bond motifs is 1. The van der Waals surface area contributed by atoms with E-state index < -0.39 is 0 Å². The van der Waals surface area contributed by atoms with E-state index in [1.165, 1.54) is 30.1 Å². The fourth-order valence-corrected chi connectivity index (χ4v) is 3.48. The lowest BCUT2D eigenvalue weighted by Gasteiger charge is -2.41. The normalized spacial score (nSPS) is 19.8. The average Bonchev–Trinajstić information content (AvgIpc) is 2.67. The van der Waals surface area contributed by atoms with Crippen LogP contribution in [0.5, 0.6) is 5.75 Å². The first kappa shape index (κ1) is 16.8. The number of halogens is 2. The molecule has 1 aromatic carbocycles. The molecule has 136 valence electrons. The lowest BCUT2D eigenvalue weighted by molar-refractivity contribution is 0.159. The molecule has 2 aliphatic rings. The Morgan fingerprint density at radius 2 is 1.85 bits per heavy atom. The number of anilines is 1. The van der Waals surface area contributed by atoms with Gasteiger partial charge in [0.15, 0.2) is 0 Å². The van der Waals surface area contributed by atoms with E-state index in [1.807, 2.05) is 0 Å². The summed E-state index contributed by atoms with van der Waals surface area (Å²) in [5.41, 5.74) is 1.29. The van der Waals surface area contributed by atoms with Crippen LogP contribution in [-0.2, 0) is 0 Å². The van der Waals surface area contributed by atoms with Crippen molar-refractivity contribution in [2.45, 2.75) is 12.8 Å². The van der Waals surface area contributed by atoms with Gasteiger partial charge in [-0.3, -0.25) is 0 Å². The second-order valence-electron chi connectivity index (χ2n) is 6.76. The Labute approximate surface area is 151 Å². The highest BCUT2D eigenvalue weighted by molar-refractivity contribution is 5.43. The number of nitrogens with zero attached hydrogens (tertiary/aromatic N) is 3. The van der Waals surface area contributed by atoms with Gasteiger partial charge < -0.3 is 14.5 Å². The molecule has 0 amide bonds. The van der Waals surface area contributed by atoms with Gasteiger partial charge in [0.1, 0.15) is 23.2 Å². The molecule has 0 spiro atoms. The molecule has 4 rings (SSSR count). The predicted molar refractivity (Wildman–Crippen MR) is 95.8 cm³/mol. The monoisotopic (exact) mass is 357 g/mol. The van der Waals surface area contributed by atoms with Crippen molar-refractivity contribution in [3.8, 4) is 5.75 Å². The minimum atomic E-state index is -0.318. The highest BCUT2D eigenvalue weighted by Crippen LogP contribution is 2.29. The van der Waals surface area contributed by atoms with Crippen LogP contribution in [0.2, 0.25) is 0 Å². The quantitative estimate of drug-likeness (QED) is 0.832. The van der Waals surface area contributed by atoms with Crippen molar-refractivity contribution in [3.05, 3.63) is 66.1 Å².